The quantitative estimate of drug-likeness (QED) is 0.711. The van der Waals surface area contributed by atoms with Crippen molar-refractivity contribution >= 4 is 5.91 Å². The van der Waals surface area contributed by atoms with E-state index in [-0.39, 0.29) is 5.91 Å². The Hall–Kier alpha value is -0.570. The van der Waals surface area contributed by atoms with Crippen molar-refractivity contribution in [2.45, 2.75) is 39.7 Å². The van der Waals surface area contributed by atoms with E-state index in [0.29, 0.717) is 6.04 Å². The normalized spacial score (nSPS) is 24.9. The molecule has 0 radical (unpaired) electrons. The highest BCUT2D eigenvalue weighted by atomic mass is 16.2. The molecule has 0 saturated carbocycles. The predicted molar refractivity (Wildman–Crippen MR) is 65.2 cm³/mol. The van der Waals surface area contributed by atoms with Crippen molar-refractivity contribution in [2.24, 2.45) is 11.8 Å². The monoisotopic (exact) mass is 224 g/mol. The molecule has 1 amide bonds. The van der Waals surface area contributed by atoms with Crippen LogP contribution in [0.25, 0.3) is 0 Å². The van der Waals surface area contributed by atoms with E-state index in [0.717, 1.165) is 24.9 Å². The molecule has 0 atom stereocenters. The van der Waals surface area contributed by atoms with Crippen molar-refractivity contribution in [3.05, 3.63) is 0 Å². The number of hydrogen-bond donors (Lipinski definition) is 0. The van der Waals surface area contributed by atoms with Gasteiger partial charge in [-0.15, -0.1) is 0 Å². The van der Waals surface area contributed by atoms with Crippen LogP contribution in [-0.2, 0) is 4.79 Å². The Morgan fingerprint density at radius 3 is 2.19 bits per heavy atom. The number of piperidine rings is 1. The van der Waals surface area contributed by atoms with Gasteiger partial charge < -0.3 is 4.90 Å². The minimum Gasteiger partial charge on any atom is -0.340 e. The average Bonchev–Trinajstić information content (AvgIpc) is 2.15. The van der Waals surface area contributed by atoms with Gasteiger partial charge in [-0.05, 0) is 37.8 Å². The summed E-state index contributed by atoms with van der Waals surface area (Å²) >= 11 is 0. The molecule has 2 aliphatic heterocycles. The Balaban J connectivity index is 1.73. The van der Waals surface area contributed by atoms with Crippen molar-refractivity contribution in [2.75, 3.05) is 26.2 Å². The van der Waals surface area contributed by atoms with Gasteiger partial charge in [0.2, 0.25) is 5.91 Å². The van der Waals surface area contributed by atoms with Crippen LogP contribution in [-0.4, -0.2) is 47.9 Å². The zero-order valence-electron chi connectivity index (χ0n) is 10.8. The second-order valence-electron chi connectivity index (χ2n) is 5.70. The molecule has 3 heteroatoms. The van der Waals surface area contributed by atoms with Crippen LogP contribution in [0.3, 0.4) is 0 Å². The Bertz CT molecular complexity index is 251. The van der Waals surface area contributed by atoms with Gasteiger partial charge in [-0.3, -0.25) is 9.69 Å². The van der Waals surface area contributed by atoms with E-state index in [1.165, 1.54) is 25.9 Å². The fourth-order valence-electron chi connectivity index (χ4n) is 2.89. The van der Waals surface area contributed by atoms with E-state index in [9.17, 15) is 4.79 Å². The number of amides is 1. The maximum atomic E-state index is 11.1. The van der Waals surface area contributed by atoms with Crippen molar-refractivity contribution in [1.29, 1.82) is 0 Å². The second-order valence-corrected chi connectivity index (χ2v) is 5.70. The Morgan fingerprint density at radius 2 is 1.75 bits per heavy atom. The molecule has 0 aromatic carbocycles. The van der Waals surface area contributed by atoms with Crippen LogP contribution < -0.4 is 0 Å². The van der Waals surface area contributed by atoms with E-state index in [4.69, 9.17) is 0 Å². The number of likely N-dealkylation sites (tertiary alicyclic amines) is 2. The number of carbonyl (C=O) groups is 1. The second kappa shape index (κ2) is 4.74. The van der Waals surface area contributed by atoms with Crippen molar-refractivity contribution in [3.63, 3.8) is 0 Å². The molecule has 16 heavy (non-hydrogen) atoms. The lowest BCUT2D eigenvalue weighted by molar-refractivity contribution is -0.136. The molecule has 0 bridgehead atoms. The first-order valence-corrected chi connectivity index (χ1v) is 6.57. The van der Waals surface area contributed by atoms with Gasteiger partial charge in [-0.25, -0.2) is 0 Å². The van der Waals surface area contributed by atoms with Crippen LogP contribution in [0.15, 0.2) is 0 Å². The third-order valence-corrected chi connectivity index (χ3v) is 4.34. The molecular weight excluding hydrogens is 200 g/mol. The highest BCUT2D eigenvalue weighted by molar-refractivity contribution is 5.74. The Kier molecular flexibility index (Phi) is 3.53. The molecule has 2 saturated heterocycles. The molecule has 0 aromatic rings. The van der Waals surface area contributed by atoms with Gasteiger partial charge in [0.25, 0.3) is 0 Å². The number of rotatable bonds is 2. The van der Waals surface area contributed by atoms with Crippen LogP contribution in [0, 0.1) is 11.8 Å². The third kappa shape index (κ3) is 2.40. The smallest absolute Gasteiger partial charge is 0.219 e. The SMILES string of the molecule is CC(=O)N1CC(N2CCC(C(C)C)CC2)C1. The van der Waals surface area contributed by atoms with Gasteiger partial charge in [0.15, 0.2) is 0 Å². The summed E-state index contributed by atoms with van der Waals surface area (Å²) in [6.07, 6.45) is 2.68. The standard InChI is InChI=1S/C13H24N2O/c1-10(2)12-4-6-14(7-5-12)13-8-15(9-13)11(3)16/h10,12-13H,4-9H2,1-3H3. The molecule has 2 rings (SSSR count). The average molecular weight is 224 g/mol. The molecule has 2 aliphatic rings. The summed E-state index contributed by atoms with van der Waals surface area (Å²) in [6, 6.07) is 0.650. The van der Waals surface area contributed by atoms with Gasteiger partial charge in [0, 0.05) is 26.1 Å². The summed E-state index contributed by atoms with van der Waals surface area (Å²) in [5, 5.41) is 0. The Labute approximate surface area is 98.8 Å². The summed E-state index contributed by atoms with van der Waals surface area (Å²) in [6.45, 7) is 10.7. The molecular formula is C13H24N2O. The highest BCUT2D eigenvalue weighted by Gasteiger charge is 2.35. The fraction of sp³-hybridized carbons (Fsp3) is 0.923. The maximum Gasteiger partial charge on any atom is 0.219 e. The summed E-state index contributed by atoms with van der Waals surface area (Å²) in [5.41, 5.74) is 0. The van der Waals surface area contributed by atoms with Crippen LogP contribution >= 0.6 is 0 Å². The van der Waals surface area contributed by atoms with E-state index in [1.54, 1.807) is 6.92 Å². The fourth-order valence-corrected chi connectivity index (χ4v) is 2.89. The molecule has 0 N–H and O–H groups in total. The maximum absolute atomic E-state index is 11.1. The van der Waals surface area contributed by atoms with E-state index >= 15 is 0 Å². The van der Waals surface area contributed by atoms with Gasteiger partial charge >= 0.3 is 0 Å². The highest BCUT2D eigenvalue weighted by Crippen LogP contribution is 2.27. The molecule has 92 valence electrons. The minimum absolute atomic E-state index is 0.230. The van der Waals surface area contributed by atoms with E-state index in [1.807, 2.05) is 4.90 Å². The van der Waals surface area contributed by atoms with Crippen LogP contribution in [0.5, 0.6) is 0 Å². The first-order chi connectivity index (χ1) is 7.58. The molecule has 0 spiro atoms. The number of hydrogen-bond acceptors (Lipinski definition) is 2. The molecule has 2 fully saturated rings. The Morgan fingerprint density at radius 1 is 1.19 bits per heavy atom. The first kappa shape index (κ1) is 11.9. The number of carbonyl (C=O) groups excluding carboxylic acids is 1. The van der Waals surface area contributed by atoms with E-state index < -0.39 is 0 Å². The van der Waals surface area contributed by atoms with Crippen molar-refractivity contribution < 1.29 is 4.79 Å². The van der Waals surface area contributed by atoms with Gasteiger partial charge in [0.1, 0.15) is 0 Å². The summed E-state index contributed by atoms with van der Waals surface area (Å²) in [5.74, 6) is 1.98. The van der Waals surface area contributed by atoms with E-state index in [2.05, 4.69) is 18.7 Å². The van der Waals surface area contributed by atoms with Gasteiger partial charge in [0.05, 0.1) is 0 Å². The van der Waals surface area contributed by atoms with Gasteiger partial charge in [-0.2, -0.15) is 0 Å². The lowest BCUT2D eigenvalue weighted by atomic mass is 9.86. The predicted octanol–water partition coefficient (Wildman–Crippen LogP) is 1.59. The summed E-state index contributed by atoms with van der Waals surface area (Å²) in [4.78, 5) is 15.6. The molecule has 3 nitrogen and oxygen atoms in total. The van der Waals surface area contributed by atoms with Crippen LogP contribution in [0.2, 0.25) is 0 Å². The molecule has 0 aromatic heterocycles. The van der Waals surface area contributed by atoms with Gasteiger partial charge in [-0.1, -0.05) is 13.8 Å². The summed E-state index contributed by atoms with van der Waals surface area (Å²) in [7, 11) is 0. The largest absolute Gasteiger partial charge is 0.340 e. The first-order valence-electron chi connectivity index (χ1n) is 6.57. The molecule has 2 heterocycles. The third-order valence-electron chi connectivity index (χ3n) is 4.34. The zero-order valence-corrected chi connectivity index (χ0v) is 10.8. The van der Waals surface area contributed by atoms with Crippen LogP contribution in [0.1, 0.15) is 33.6 Å². The lowest BCUT2D eigenvalue weighted by Gasteiger charge is -2.47. The summed E-state index contributed by atoms with van der Waals surface area (Å²) < 4.78 is 0. The lowest BCUT2D eigenvalue weighted by Crippen LogP contribution is -2.61. The van der Waals surface area contributed by atoms with Crippen molar-refractivity contribution in [3.8, 4) is 0 Å². The minimum atomic E-state index is 0.230. The zero-order chi connectivity index (χ0) is 11.7. The van der Waals surface area contributed by atoms with Crippen molar-refractivity contribution in [1.82, 2.24) is 9.80 Å². The van der Waals surface area contributed by atoms with Crippen LogP contribution in [0.4, 0.5) is 0 Å². The molecule has 0 unspecified atom stereocenters. The molecule has 0 aliphatic carbocycles. The topological polar surface area (TPSA) is 23.6 Å². The number of nitrogens with zero attached hydrogens (tertiary/aromatic N) is 2.